The lowest BCUT2D eigenvalue weighted by Gasteiger charge is -2.10. The van der Waals surface area contributed by atoms with Crippen molar-refractivity contribution in [3.8, 4) is 34.1 Å². The molecule has 0 saturated carbocycles. The Morgan fingerprint density at radius 1 is 1.08 bits per heavy atom. The fourth-order valence-electron chi connectivity index (χ4n) is 3.56. The summed E-state index contributed by atoms with van der Waals surface area (Å²) in [4.78, 5) is 21.4. The molecule has 1 amide bonds. The number of benzene rings is 3. The van der Waals surface area contributed by atoms with Gasteiger partial charge in [0.25, 0.3) is 5.91 Å². The van der Waals surface area contributed by atoms with Crippen molar-refractivity contribution in [1.29, 1.82) is 0 Å². The number of aromatic nitrogens is 2. The number of nitrogens with zero attached hydrogens (tertiary/aromatic N) is 2. The van der Waals surface area contributed by atoms with Crippen molar-refractivity contribution in [3.63, 3.8) is 0 Å². The van der Waals surface area contributed by atoms with Crippen LogP contribution in [0.5, 0.6) is 23.0 Å². The summed E-state index contributed by atoms with van der Waals surface area (Å²) >= 11 is 7.37. The van der Waals surface area contributed by atoms with Crippen molar-refractivity contribution in [3.05, 3.63) is 89.5 Å². The van der Waals surface area contributed by atoms with E-state index in [9.17, 15) is 14.3 Å². The van der Waals surface area contributed by atoms with Crippen LogP contribution in [0.4, 0.5) is 9.52 Å². The predicted molar refractivity (Wildman–Crippen MR) is 137 cm³/mol. The number of anilines is 1. The van der Waals surface area contributed by atoms with Crippen molar-refractivity contribution in [2.24, 2.45) is 0 Å². The Balaban J connectivity index is 1.55. The zero-order valence-corrected chi connectivity index (χ0v) is 20.2. The number of carbonyl (C=O) groups is 1. The van der Waals surface area contributed by atoms with E-state index in [4.69, 9.17) is 21.1 Å². The van der Waals surface area contributed by atoms with E-state index in [2.05, 4.69) is 15.3 Å². The minimum Gasteiger partial charge on any atom is -0.503 e. The van der Waals surface area contributed by atoms with E-state index in [0.717, 1.165) is 15.8 Å². The molecule has 0 aliphatic carbocycles. The van der Waals surface area contributed by atoms with Crippen LogP contribution < -0.4 is 14.8 Å². The monoisotopic (exact) mass is 521 g/mol. The third kappa shape index (κ3) is 4.66. The van der Waals surface area contributed by atoms with Crippen LogP contribution >= 0.6 is 22.9 Å². The summed E-state index contributed by atoms with van der Waals surface area (Å²) < 4.78 is 25.2. The van der Waals surface area contributed by atoms with Gasteiger partial charge >= 0.3 is 0 Å². The minimum atomic E-state index is -0.638. The van der Waals surface area contributed by atoms with Crippen LogP contribution in [0.3, 0.4) is 0 Å². The fourth-order valence-corrected chi connectivity index (χ4v) is 4.68. The third-order valence-electron chi connectivity index (χ3n) is 5.22. The number of rotatable bonds is 6. The molecule has 2 heterocycles. The number of ether oxygens (including phenoxy) is 2. The number of nitrogens with one attached hydrogen (secondary N) is 1. The van der Waals surface area contributed by atoms with Gasteiger partial charge < -0.3 is 14.6 Å². The van der Waals surface area contributed by atoms with Gasteiger partial charge in [-0.1, -0.05) is 53.3 Å². The van der Waals surface area contributed by atoms with Gasteiger partial charge in [-0.15, -0.1) is 0 Å². The van der Waals surface area contributed by atoms with Crippen LogP contribution in [0, 0.1) is 5.82 Å². The molecule has 180 valence electrons. The zero-order chi connectivity index (χ0) is 25.2. The second-order valence-corrected chi connectivity index (χ2v) is 8.98. The molecule has 0 bridgehead atoms. The Hall–Kier alpha value is -4.21. The molecule has 0 unspecified atom stereocenters. The lowest BCUT2D eigenvalue weighted by molar-refractivity contribution is 0.101. The molecule has 0 fully saturated rings. The van der Waals surface area contributed by atoms with E-state index in [0.29, 0.717) is 22.1 Å². The van der Waals surface area contributed by atoms with E-state index in [1.165, 1.54) is 48.9 Å². The van der Waals surface area contributed by atoms with E-state index in [-0.39, 0.29) is 22.2 Å². The van der Waals surface area contributed by atoms with Crippen molar-refractivity contribution in [2.45, 2.75) is 0 Å². The van der Waals surface area contributed by atoms with Crippen LogP contribution in [-0.2, 0) is 0 Å². The molecule has 5 rings (SSSR count). The molecule has 2 N–H and O–H groups in total. The van der Waals surface area contributed by atoms with Crippen LogP contribution in [0.15, 0.2) is 72.9 Å². The van der Waals surface area contributed by atoms with Crippen LogP contribution in [0.25, 0.3) is 21.3 Å². The second-order valence-electron chi connectivity index (χ2n) is 7.54. The van der Waals surface area contributed by atoms with Gasteiger partial charge in [0.15, 0.2) is 22.3 Å². The van der Waals surface area contributed by atoms with E-state index < -0.39 is 11.7 Å². The number of amides is 1. The summed E-state index contributed by atoms with van der Waals surface area (Å²) in [5.74, 6) is -0.575. The van der Waals surface area contributed by atoms with Gasteiger partial charge in [-0.2, -0.15) is 0 Å². The summed E-state index contributed by atoms with van der Waals surface area (Å²) in [7, 11) is 1.38. The number of aromatic hydroxyl groups is 1. The predicted octanol–water partition coefficient (Wildman–Crippen LogP) is 6.91. The fraction of sp³-hybridized carbons (Fsp3) is 0.0385. The van der Waals surface area contributed by atoms with E-state index in [1.807, 2.05) is 30.3 Å². The van der Waals surface area contributed by atoms with Crippen LogP contribution in [-0.4, -0.2) is 28.1 Å². The minimum absolute atomic E-state index is 0.132. The smallest absolute Gasteiger partial charge is 0.280 e. The second kappa shape index (κ2) is 9.80. The van der Waals surface area contributed by atoms with E-state index >= 15 is 0 Å². The molecule has 7 nitrogen and oxygen atoms in total. The quantitative estimate of drug-likeness (QED) is 0.252. The van der Waals surface area contributed by atoms with Crippen molar-refractivity contribution < 1.29 is 23.8 Å². The maximum Gasteiger partial charge on any atom is 0.280 e. The van der Waals surface area contributed by atoms with Gasteiger partial charge in [0.2, 0.25) is 0 Å². The number of pyridine rings is 1. The van der Waals surface area contributed by atoms with Crippen molar-refractivity contribution in [1.82, 2.24) is 9.97 Å². The number of methoxy groups -OCH3 is 1. The topological polar surface area (TPSA) is 93.6 Å². The van der Waals surface area contributed by atoms with Gasteiger partial charge in [-0.25, -0.2) is 14.4 Å². The average molecular weight is 522 g/mol. The Kier molecular flexibility index (Phi) is 6.41. The van der Waals surface area contributed by atoms with Gasteiger partial charge in [0.1, 0.15) is 17.3 Å². The molecule has 10 heteroatoms. The molecule has 0 spiro atoms. The van der Waals surface area contributed by atoms with Crippen molar-refractivity contribution >= 4 is 44.2 Å². The molecule has 0 aliphatic rings. The Morgan fingerprint density at radius 2 is 1.89 bits per heavy atom. The molecule has 0 radical (unpaired) electrons. The normalized spacial score (nSPS) is 10.9. The molecule has 2 aromatic heterocycles. The molecule has 5 aromatic rings. The first kappa shape index (κ1) is 23.5. The summed E-state index contributed by atoms with van der Waals surface area (Å²) in [6.07, 6.45) is 1.36. The maximum atomic E-state index is 13.5. The highest BCUT2D eigenvalue weighted by Crippen LogP contribution is 2.40. The molecule has 0 atom stereocenters. The van der Waals surface area contributed by atoms with Gasteiger partial charge in [0, 0.05) is 23.9 Å². The zero-order valence-electron chi connectivity index (χ0n) is 18.7. The molecule has 36 heavy (non-hydrogen) atoms. The first-order valence-corrected chi connectivity index (χ1v) is 11.8. The Bertz CT molecular complexity index is 1590. The first-order chi connectivity index (χ1) is 17.4. The number of fused-ring (bicyclic) bond motifs is 1. The number of carbonyl (C=O) groups excluding carboxylic acids is 1. The molecular formula is C26H17ClFN3O4S. The number of hydrogen-bond acceptors (Lipinski definition) is 7. The number of hydrogen-bond donors (Lipinski definition) is 2. The summed E-state index contributed by atoms with van der Waals surface area (Å²) in [5, 5.41) is 13.4. The first-order valence-electron chi connectivity index (χ1n) is 10.6. The maximum absolute atomic E-state index is 13.5. The lowest BCUT2D eigenvalue weighted by atomic mass is 10.0. The Labute approximate surface area is 213 Å². The SMILES string of the molecule is COc1ccnc(C(=O)Nc2nc3c(-c4ccccc4)cc(Oc4ccc(F)cc4Cl)cc3s2)c1O. The molecule has 0 saturated heterocycles. The number of halogens is 2. The van der Waals surface area contributed by atoms with E-state index in [1.54, 1.807) is 12.1 Å². The highest BCUT2D eigenvalue weighted by atomic mass is 35.5. The van der Waals surface area contributed by atoms with Crippen molar-refractivity contribution in [2.75, 3.05) is 12.4 Å². The Morgan fingerprint density at radius 3 is 2.64 bits per heavy atom. The highest BCUT2D eigenvalue weighted by molar-refractivity contribution is 7.22. The third-order valence-corrected chi connectivity index (χ3v) is 6.43. The van der Waals surface area contributed by atoms with Gasteiger partial charge in [-0.05, 0) is 29.8 Å². The van der Waals surface area contributed by atoms with Gasteiger partial charge in [0.05, 0.1) is 22.3 Å². The largest absolute Gasteiger partial charge is 0.503 e. The summed E-state index contributed by atoms with van der Waals surface area (Å²) in [6, 6.07) is 18.5. The molecule has 0 aliphatic heterocycles. The standard InChI is InChI=1S/C26H17ClFN3O4S/c1-34-20-9-10-29-23(24(20)32)25(33)31-26-30-22-17(14-5-3-2-4-6-14)12-16(13-21(22)36-26)35-19-8-7-15(28)11-18(19)27/h2-13,32H,1H3,(H,30,31,33). The molecular weight excluding hydrogens is 505 g/mol. The average Bonchev–Trinajstić information content (AvgIpc) is 3.28. The number of thiazole rings is 1. The van der Waals surface area contributed by atoms with Gasteiger partial charge in [-0.3, -0.25) is 10.1 Å². The summed E-state index contributed by atoms with van der Waals surface area (Å²) in [6.45, 7) is 0. The summed E-state index contributed by atoms with van der Waals surface area (Å²) in [5.41, 5.74) is 2.10. The molecule has 3 aromatic carbocycles. The lowest BCUT2D eigenvalue weighted by Crippen LogP contribution is -2.13. The van der Waals surface area contributed by atoms with Crippen LogP contribution in [0.1, 0.15) is 10.5 Å². The van der Waals surface area contributed by atoms with Crippen LogP contribution in [0.2, 0.25) is 5.02 Å². The highest BCUT2D eigenvalue weighted by Gasteiger charge is 2.20.